The first-order valence-corrected chi connectivity index (χ1v) is 8.81. The molecule has 23 heavy (non-hydrogen) atoms. The molecular weight excluding hydrogens is 286 g/mol. The fourth-order valence-electron chi connectivity index (χ4n) is 4.35. The predicted molar refractivity (Wildman–Crippen MR) is 92.5 cm³/mol. The summed E-state index contributed by atoms with van der Waals surface area (Å²) in [6.07, 6.45) is 3.82. The van der Waals surface area contributed by atoms with Gasteiger partial charge < -0.3 is 10.0 Å². The molecule has 1 amide bonds. The fraction of sp³-hybridized carbons (Fsp3) is 0.650. The molecule has 3 heteroatoms. The van der Waals surface area contributed by atoms with Gasteiger partial charge in [-0.05, 0) is 60.6 Å². The zero-order chi connectivity index (χ0) is 16.8. The summed E-state index contributed by atoms with van der Waals surface area (Å²) in [7, 11) is 1.93. The minimum atomic E-state index is -0.114. The van der Waals surface area contributed by atoms with Crippen LogP contribution in [-0.4, -0.2) is 35.1 Å². The van der Waals surface area contributed by atoms with E-state index < -0.39 is 0 Å². The number of amides is 1. The highest BCUT2D eigenvalue weighted by atomic mass is 16.3. The Bertz CT molecular complexity index is 558. The van der Waals surface area contributed by atoms with Crippen molar-refractivity contribution in [3.05, 3.63) is 35.4 Å². The maximum Gasteiger partial charge on any atom is 0.253 e. The number of hydrogen-bond donors (Lipinski definition) is 1. The average molecular weight is 315 g/mol. The molecule has 3 nitrogen and oxygen atoms in total. The Morgan fingerprint density at radius 2 is 1.57 bits per heavy atom. The first kappa shape index (κ1) is 16.5. The normalized spacial score (nSPS) is 30.3. The molecule has 2 unspecified atom stereocenters. The lowest BCUT2D eigenvalue weighted by Crippen LogP contribution is -2.36. The van der Waals surface area contributed by atoms with Gasteiger partial charge in [-0.1, -0.05) is 32.9 Å². The summed E-state index contributed by atoms with van der Waals surface area (Å²) in [5.41, 5.74) is 2.13. The lowest BCUT2D eigenvalue weighted by atomic mass is 9.86. The van der Waals surface area contributed by atoms with Crippen molar-refractivity contribution in [2.24, 2.45) is 11.8 Å². The molecule has 3 rings (SSSR count). The van der Waals surface area contributed by atoms with Crippen LogP contribution >= 0.6 is 0 Å². The summed E-state index contributed by atoms with van der Waals surface area (Å²) in [4.78, 5) is 14.7. The first-order valence-electron chi connectivity index (χ1n) is 8.81. The molecule has 4 atom stereocenters. The van der Waals surface area contributed by atoms with Crippen LogP contribution in [-0.2, 0) is 5.41 Å². The van der Waals surface area contributed by atoms with Crippen LogP contribution < -0.4 is 0 Å². The molecule has 0 aliphatic heterocycles. The van der Waals surface area contributed by atoms with E-state index >= 15 is 0 Å². The second-order valence-corrected chi connectivity index (χ2v) is 8.51. The van der Waals surface area contributed by atoms with Crippen molar-refractivity contribution in [1.29, 1.82) is 0 Å². The van der Waals surface area contributed by atoms with Crippen LogP contribution in [0.5, 0.6) is 0 Å². The molecule has 2 fully saturated rings. The lowest BCUT2D eigenvalue weighted by Gasteiger charge is -2.26. The van der Waals surface area contributed by atoms with E-state index in [2.05, 4.69) is 32.9 Å². The second kappa shape index (κ2) is 5.94. The standard InChI is InChI=1S/C20H29NO2/c1-20(2,3)16-7-5-13(6-8-16)19(23)21(4)17-9-14-11-18(22)12-15(14)10-17/h5-8,14-15,17-18,22H,9-12H2,1-4H3/t14-,15+,17?,18?. The minimum absolute atomic E-state index is 0.108. The lowest BCUT2D eigenvalue weighted by molar-refractivity contribution is 0.0722. The molecule has 126 valence electrons. The number of carbonyl (C=O) groups is 1. The number of carbonyl (C=O) groups excluding carboxylic acids is 1. The Morgan fingerprint density at radius 3 is 2.04 bits per heavy atom. The van der Waals surface area contributed by atoms with Crippen molar-refractivity contribution in [2.75, 3.05) is 7.05 Å². The second-order valence-electron chi connectivity index (χ2n) is 8.51. The third-order valence-corrected chi connectivity index (χ3v) is 5.83. The van der Waals surface area contributed by atoms with Crippen LogP contribution in [0.2, 0.25) is 0 Å². The monoisotopic (exact) mass is 315 g/mol. The first-order chi connectivity index (χ1) is 10.8. The number of rotatable bonds is 2. The Balaban J connectivity index is 1.66. The van der Waals surface area contributed by atoms with Gasteiger partial charge in [0.1, 0.15) is 0 Å². The van der Waals surface area contributed by atoms with Crippen LogP contribution in [0.4, 0.5) is 0 Å². The number of aliphatic hydroxyl groups excluding tert-OH is 1. The Hall–Kier alpha value is -1.35. The number of aliphatic hydroxyl groups is 1. The molecule has 2 aliphatic rings. The Morgan fingerprint density at radius 1 is 1.04 bits per heavy atom. The highest BCUT2D eigenvalue weighted by molar-refractivity contribution is 5.94. The summed E-state index contributed by atoms with van der Waals surface area (Å²) in [5.74, 6) is 1.33. The Labute approximate surface area is 139 Å². The maximum atomic E-state index is 12.8. The summed E-state index contributed by atoms with van der Waals surface area (Å²) in [5, 5.41) is 9.76. The van der Waals surface area contributed by atoms with Crippen molar-refractivity contribution >= 4 is 5.91 Å². The van der Waals surface area contributed by atoms with Gasteiger partial charge in [-0.15, -0.1) is 0 Å². The van der Waals surface area contributed by atoms with Gasteiger partial charge in [0, 0.05) is 18.7 Å². The molecule has 2 saturated carbocycles. The van der Waals surface area contributed by atoms with Gasteiger partial charge in [-0.3, -0.25) is 4.79 Å². The summed E-state index contributed by atoms with van der Waals surface area (Å²) >= 11 is 0. The van der Waals surface area contributed by atoms with Crippen molar-refractivity contribution in [3.8, 4) is 0 Å². The molecule has 0 heterocycles. The average Bonchev–Trinajstić information content (AvgIpc) is 3.02. The number of fused-ring (bicyclic) bond motifs is 1. The highest BCUT2D eigenvalue weighted by Gasteiger charge is 2.43. The van der Waals surface area contributed by atoms with Crippen molar-refractivity contribution in [3.63, 3.8) is 0 Å². The van der Waals surface area contributed by atoms with Crippen molar-refractivity contribution in [1.82, 2.24) is 4.90 Å². The predicted octanol–water partition coefficient (Wildman–Crippen LogP) is 3.61. The van der Waals surface area contributed by atoms with Crippen LogP contribution in [0.15, 0.2) is 24.3 Å². The smallest absolute Gasteiger partial charge is 0.253 e. The van der Waals surface area contributed by atoms with Gasteiger partial charge in [-0.25, -0.2) is 0 Å². The molecule has 1 N–H and O–H groups in total. The summed E-state index contributed by atoms with van der Waals surface area (Å²) in [6, 6.07) is 8.38. The SMILES string of the molecule is CN(C(=O)c1ccc(C(C)(C)C)cc1)C1C[C@H]2CC(O)C[C@H]2C1. The third kappa shape index (κ3) is 3.30. The molecule has 0 bridgehead atoms. The van der Waals surface area contributed by atoms with Crippen molar-refractivity contribution in [2.45, 2.75) is 64.0 Å². The summed E-state index contributed by atoms with van der Waals surface area (Å²) < 4.78 is 0. The molecule has 0 saturated heterocycles. The molecular formula is C20H29NO2. The van der Waals surface area contributed by atoms with Gasteiger partial charge >= 0.3 is 0 Å². The van der Waals surface area contributed by atoms with Crippen LogP contribution in [0.1, 0.15) is 62.4 Å². The Kier molecular flexibility index (Phi) is 4.26. The van der Waals surface area contributed by atoms with Gasteiger partial charge in [0.05, 0.1) is 6.10 Å². The summed E-state index contributed by atoms with van der Waals surface area (Å²) in [6.45, 7) is 6.55. The van der Waals surface area contributed by atoms with Crippen molar-refractivity contribution < 1.29 is 9.90 Å². The molecule has 0 radical (unpaired) electrons. The van der Waals surface area contributed by atoms with Gasteiger partial charge in [-0.2, -0.15) is 0 Å². The van der Waals surface area contributed by atoms with Gasteiger partial charge in [0.15, 0.2) is 0 Å². The molecule has 1 aromatic rings. The third-order valence-electron chi connectivity index (χ3n) is 5.83. The van der Waals surface area contributed by atoms with Gasteiger partial charge in [0.2, 0.25) is 0 Å². The van der Waals surface area contributed by atoms with E-state index in [9.17, 15) is 9.90 Å². The maximum absolute atomic E-state index is 12.8. The number of benzene rings is 1. The van der Waals surface area contributed by atoms with E-state index in [0.717, 1.165) is 31.2 Å². The van der Waals surface area contributed by atoms with E-state index in [0.29, 0.717) is 17.9 Å². The minimum Gasteiger partial charge on any atom is -0.393 e. The quantitative estimate of drug-likeness (QED) is 0.906. The zero-order valence-electron chi connectivity index (χ0n) is 14.7. The topological polar surface area (TPSA) is 40.5 Å². The number of hydrogen-bond acceptors (Lipinski definition) is 2. The van der Waals surface area contributed by atoms with E-state index in [1.54, 1.807) is 0 Å². The van der Waals surface area contributed by atoms with Crippen LogP contribution in [0, 0.1) is 11.8 Å². The zero-order valence-corrected chi connectivity index (χ0v) is 14.7. The molecule has 0 spiro atoms. The van der Waals surface area contributed by atoms with Crippen LogP contribution in [0.25, 0.3) is 0 Å². The van der Waals surface area contributed by atoms with Gasteiger partial charge in [0.25, 0.3) is 5.91 Å². The van der Waals surface area contributed by atoms with Crippen LogP contribution in [0.3, 0.4) is 0 Å². The van der Waals surface area contributed by atoms with E-state index in [1.165, 1.54) is 5.56 Å². The van der Waals surface area contributed by atoms with E-state index in [1.807, 2.05) is 24.1 Å². The fourth-order valence-corrected chi connectivity index (χ4v) is 4.35. The highest BCUT2D eigenvalue weighted by Crippen LogP contribution is 2.45. The molecule has 2 aliphatic carbocycles. The van der Waals surface area contributed by atoms with E-state index in [4.69, 9.17) is 0 Å². The number of nitrogens with zero attached hydrogens (tertiary/aromatic N) is 1. The molecule has 1 aromatic carbocycles. The molecule has 0 aromatic heterocycles. The largest absolute Gasteiger partial charge is 0.393 e. The van der Waals surface area contributed by atoms with E-state index in [-0.39, 0.29) is 17.4 Å².